The molecule has 0 saturated carbocycles. The Morgan fingerprint density at radius 2 is 1.36 bits per heavy atom. The smallest absolute Gasteiger partial charge is 0.480 e. The average Bonchev–Trinajstić information content (AvgIpc) is 2.44. The monoisotopic (exact) mass is 336 g/mol. The van der Waals surface area contributed by atoms with Gasteiger partial charge in [0.25, 0.3) is 0 Å². The Kier molecular flexibility index (Phi) is 8.83. The first kappa shape index (κ1) is 21.0. The highest BCUT2D eigenvalue weighted by Gasteiger charge is 2.49. The van der Waals surface area contributed by atoms with Crippen LogP contribution in [0.1, 0.15) is 47.5 Å². The molecule has 2 N–H and O–H groups in total. The molecule has 0 spiro atoms. The molecule has 0 radical (unpaired) electrons. The van der Waals surface area contributed by atoms with E-state index in [-0.39, 0.29) is 12.0 Å². The van der Waals surface area contributed by atoms with E-state index in [1.165, 1.54) is 6.92 Å². The number of rotatable bonds is 12. The van der Waals surface area contributed by atoms with Gasteiger partial charge in [-0.05, 0) is 40.5 Å². The molecule has 0 aromatic rings. The molecule has 130 valence electrons. The number of aliphatic carboxylic acids is 2. The van der Waals surface area contributed by atoms with Crippen molar-refractivity contribution >= 4 is 20.7 Å². The van der Waals surface area contributed by atoms with Crippen molar-refractivity contribution in [3.63, 3.8) is 0 Å². The number of hydrogen-bond acceptors (Lipinski definition) is 5. The number of hydrogen-bond donors (Lipinski definition) is 2. The lowest BCUT2D eigenvalue weighted by molar-refractivity contribution is -0.163. The molecule has 0 amide bonds. The summed E-state index contributed by atoms with van der Waals surface area (Å²) in [6.45, 7) is 9.86. The zero-order valence-corrected chi connectivity index (χ0v) is 15.0. The molecule has 0 rings (SSSR count). The second kappa shape index (κ2) is 9.24. The van der Waals surface area contributed by atoms with Crippen LogP contribution >= 0.6 is 0 Å². The quantitative estimate of drug-likeness (QED) is 0.416. The van der Waals surface area contributed by atoms with E-state index in [0.29, 0.717) is 26.2 Å². The maximum absolute atomic E-state index is 11.2. The summed E-state index contributed by atoms with van der Waals surface area (Å²) in [7, 11) is -2.95. The van der Waals surface area contributed by atoms with Crippen molar-refractivity contribution in [2.45, 2.75) is 53.0 Å². The molecular weight excluding hydrogens is 308 g/mol. The minimum absolute atomic E-state index is 0.0131. The summed E-state index contributed by atoms with van der Waals surface area (Å²) in [5, 5.41) is 18.3. The molecule has 0 aliphatic rings. The average molecular weight is 336 g/mol. The molecular formula is C14H28O7Si. The molecule has 1 atom stereocenters. The predicted molar refractivity (Wildman–Crippen MR) is 82.7 cm³/mol. The van der Waals surface area contributed by atoms with Gasteiger partial charge in [0, 0.05) is 25.4 Å². The highest BCUT2D eigenvalue weighted by atomic mass is 28.4. The summed E-state index contributed by atoms with van der Waals surface area (Å²) < 4.78 is 17.3. The van der Waals surface area contributed by atoms with Gasteiger partial charge in [-0.15, -0.1) is 0 Å². The van der Waals surface area contributed by atoms with Crippen LogP contribution in [0.3, 0.4) is 0 Å². The lowest BCUT2D eigenvalue weighted by Gasteiger charge is -2.34. The number of carboxylic acid groups (broad SMARTS) is 2. The Hall–Kier alpha value is -0.963. The summed E-state index contributed by atoms with van der Waals surface area (Å²) in [6.07, 6.45) is 0.322. The van der Waals surface area contributed by atoms with Gasteiger partial charge in [0.05, 0.1) is 0 Å². The Bertz CT molecular complexity index is 341. The van der Waals surface area contributed by atoms with Crippen LogP contribution < -0.4 is 0 Å². The van der Waals surface area contributed by atoms with Crippen LogP contribution in [-0.2, 0) is 22.9 Å². The van der Waals surface area contributed by atoms with Crippen molar-refractivity contribution in [2.75, 3.05) is 19.8 Å². The fraction of sp³-hybridized carbons (Fsp3) is 0.857. The lowest BCUT2D eigenvalue weighted by Crippen LogP contribution is -2.50. The summed E-state index contributed by atoms with van der Waals surface area (Å²) in [4.78, 5) is 22.5. The fourth-order valence-corrected chi connectivity index (χ4v) is 4.95. The van der Waals surface area contributed by atoms with E-state index < -0.39 is 26.2 Å². The zero-order valence-electron chi connectivity index (χ0n) is 14.0. The molecule has 0 heterocycles. The highest BCUT2D eigenvalue weighted by Crippen LogP contribution is 2.35. The first-order valence-electron chi connectivity index (χ1n) is 7.58. The molecule has 0 aromatic heterocycles. The summed E-state index contributed by atoms with van der Waals surface area (Å²) in [6, 6.07) is 0. The van der Waals surface area contributed by atoms with E-state index in [0.717, 1.165) is 0 Å². The van der Waals surface area contributed by atoms with Gasteiger partial charge in [-0.1, -0.05) is 6.92 Å². The van der Waals surface area contributed by atoms with Gasteiger partial charge < -0.3 is 23.5 Å². The highest BCUT2D eigenvalue weighted by molar-refractivity contribution is 6.62. The minimum Gasteiger partial charge on any atom is -0.480 e. The van der Waals surface area contributed by atoms with Crippen LogP contribution in [0.4, 0.5) is 0 Å². The second-order valence-corrected chi connectivity index (χ2v) is 8.34. The molecule has 7 nitrogen and oxygen atoms in total. The number of carboxylic acids is 2. The van der Waals surface area contributed by atoms with Crippen molar-refractivity contribution < 1.29 is 33.1 Å². The molecule has 0 aromatic carbocycles. The Balaban J connectivity index is 5.13. The third-order valence-electron chi connectivity index (χ3n) is 3.66. The summed E-state index contributed by atoms with van der Waals surface area (Å²) >= 11 is 0. The minimum atomic E-state index is -2.95. The van der Waals surface area contributed by atoms with Gasteiger partial charge in [0.1, 0.15) is 0 Å². The van der Waals surface area contributed by atoms with Gasteiger partial charge in [-0.3, -0.25) is 9.59 Å². The number of carbonyl (C=O) groups is 2. The Labute approximate surface area is 132 Å². The van der Waals surface area contributed by atoms with Gasteiger partial charge in [0.15, 0.2) is 5.41 Å². The third kappa shape index (κ3) is 5.05. The van der Waals surface area contributed by atoms with E-state index in [9.17, 15) is 9.59 Å². The van der Waals surface area contributed by atoms with Crippen molar-refractivity contribution in [3.8, 4) is 0 Å². The van der Waals surface area contributed by atoms with Crippen molar-refractivity contribution in [1.29, 1.82) is 0 Å². The normalized spacial score (nSPS) is 13.9. The third-order valence-corrected chi connectivity index (χ3v) is 7.23. The van der Waals surface area contributed by atoms with Crippen molar-refractivity contribution in [2.24, 2.45) is 5.41 Å². The van der Waals surface area contributed by atoms with Crippen LogP contribution in [0.2, 0.25) is 5.54 Å². The van der Waals surface area contributed by atoms with Crippen molar-refractivity contribution in [1.82, 2.24) is 0 Å². The topological polar surface area (TPSA) is 102 Å². The predicted octanol–water partition coefficient (Wildman–Crippen LogP) is 2.38. The SMILES string of the molecule is CCO[Si](OCC)(OCC)C(C)CCC(C)(C(=O)O)C(=O)O. The molecule has 1 unspecified atom stereocenters. The molecule has 8 heteroatoms. The van der Waals surface area contributed by atoms with Crippen LogP contribution in [0.25, 0.3) is 0 Å². The van der Waals surface area contributed by atoms with Gasteiger partial charge in [-0.25, -0.2) is 0 Å². The summed E-state index contributed by atoms with van der Waals surface area (Å²) in [5.41, 5.74) is -2.01. The Morgan fingerprint density at radius 1 is 1.00 bits per heavy atom. The first-order chi connectivity index (χ1) is 10.2. The fourth-order valence-electron chi connectivity index (χ4n) is 2.14. The molecule has 0 bridgehead atoms. The van der Waals surface area contributed by atoms with E-state index in [1.807, 2.05) is 27.7 Å². The van der Waals surface area contributed by atoms with Gasteiger partial charge >= 0.3 is 20.7 Å². The van der Waals surface area contributed by atoms with Crippen LogP contribution in [0, 0.1) is 5.41 Å². The largest absolute Gasteiger partial charge is 0.503 e. The molecule has 0 aliphatic carbocycles. The Morgan fingerprint density at radius 3 is 1.64 bits per heavy atom. The van der Waals surface area contributed by atoms with E-state index >= 15 is 0 Å². The maximum atomic E-state index is 11.2. The van der Waals surface area contributed by atoms with Gasteiger partial charge in [0.2, 0.25) is 0 Å². The molecule has 0 saturated heterocycles. The van der Waals surface area contributed by atoms with Crippen LogP contribution in [0.15, 0.2) is 0 Å². The maximum Gasteiger partial charge on any atom is 0.503 e. The van der Waals surface area contributed by atoms with E-state index in [1.54, 1.807) is 0 Å². The zero-order chi connectivity index (χ0) is 17.4. The van der Waals surface area contributed by atoms with Gasteiger partial charge in [-0.2, -0.15) is 0 Å². The first-order valence-corrected chi connectivity index (χ1v) is 9.39. The van der Waals surface area contributed by atoms with E-state index in [2.05, 4.69) is 0 Å². The van der Waals surface area contributed by atoms with Crippen LogP contribution in [-0.4, -0.2) is 50.8 Å². The van der Waals surface area contributed by atoms with Crippen LogP contribution in [0.5, 0.6) is 0 Å². The molecule has 22 heavy (non-hydrogen) atoms. The standard InChI is InChI=1S/C14H28O7Si/c1-6-19-22(20-7-2,21-8-3)11(4)9-10-14(5,12(15)16)13(17)18/h11H,6-10H2,1-5H3,(H,15,16)(H,17,18). The lowest BCUT2D eigenvalue weighted by atomic mass is 9.85. The summed E-state index contributed by atoms with van der Waals surface area (Å²) in [5.74, 6) is -2.69. The second-order valence-electron chi connectivity index (χ2n) is 5.28. The van der Waals surface area contributed by atoms with Crippen molar-refractivity contribution in [3.05, 3.63) is 0 Å². The molecule has 0 fully saturated rings. The molecule has 0 aliphatic heterocycles. The van der Waals surface area contributed by atoms with E-state index in [4.69, 9.17) is 23.5 Å².